The van der Waals surface area contributed by atoms with Gasteiger partial charge in [0.05, 0.1) is 22.2 Å². The molecule has 0 spiro atoms. The molecule has 2 aromatic carbocycles. The van der Waals surface area contributed by atoms with Gasteiger partial charge in [-0.3, -0.25) is 4.79 Å². The first-order valence-electron chi connectivity index (χ1n) is 11.6. The van der Waals surface area contributed by atoms with Crippen LogP contribution < -0.4 is 15.1 Å². The number of carbonyl (C=O) groups excluding carboxylic acids is 1. The molecule has 0 saturated carbocycles. The summed E-state index contributed by atoms with van der Waals surface area (Å²) in [6.07, 6.45) is 3.66. The van der Waals surface area contributed by atoms with E-state index < -0.39 is 6.10 Å². The number of aromatic amines is 1. The van der Waals surface area contributed by atoms with E-state index in [1.165, 1.54) is 0 Å². The minimum Gasteiger partial charge on any atom is -0.387 e. The Kier molecular flexibility index (Phi) is 6.57. The average Bonchev–Trinajstić information content (AvgIpc) is 3.57. The highest BCUT2D eigenvalue weighted by atomic mass is 35.5. The van der Waals surface area contributed by atoms with Crippen LogP contribution in [0.15, 0.2) is 67.1 Å². The van der Waals surface area contributed by atoms with Crippen molar-refractivity contribution in [1.29, 1.82) is 0 Å². The van der Waals surface area contributed by atoms with Gasteiger partial charge in [0.25, 0.3) is 5.91 Å². The molecule has 2 aromatic heterocycles. The predicted octanol–water partition coefficient (Wildman–Crippen LogP) is 3.79. The molecule has 3 heterocycles. The minimum absolute atomic E-state index is 0.123. The maximum atomic E-state index is 12.6. The Morgan fingerprint density at radius 3 is 2.89 bits per heavy atom. The zero-order chi connectivity index (χ0) is 24.4. The highest BCUT2D eigenvalue weighted by molar-refractivity contribution is 6.33. The fourth-order valence-electron chi connectivity index (χ4n) is 4.58. The van der Waals surface area contributed by atoms with Gasteiger partial charge in [-0.25, -0.2) is 9.97 Å². The third kappa shape index (κ3) is 4.80. The number of likely N-dealkylation sites (N-methyl/N-ethyl adjacent to an activating group) is 1. The van der Waals surface area contributed by atoms with Gasteiger partial charge in [-0.1, -0.05) is 41.9 Å². The van der Waals surface area contributed by atoms with Crippen molar-refractivity contribution < 1.29 is 9.90 Å². The zero-order valence-corrected chi connectivity index (χ0v) is 20.1. The van der Waals surface area contributed by atoms with Crippen molar-refractivity contribution >= 4 is 40.0 Å². The van der Waals surface area contributed by atoms with Crippen LogP contribution in [0.25, 0.3) is 11.0 Å². The van der Waals surface area contributed by atoms with Gasteiger partial charge in [-0.15, -0.1) is 0 Å². The molecule has 35 heavy (non-hydrogen) atoms. The molecule has 180 valence electrons. The van der Waals surface area contributed by atoms with Crippen LogP contribution in [0, 0.1) is 0 Å². The standard InChI is InChI=1S/C26H27ClN6O2/c1-32(19-10-12-33(15-19)25-20-9-11-28-24(20)30-16-31-25)22-8-7-18(13-21(22)27)26(35)29-14-23(34)17-5-3-2-4-6-17/h2-9,11,13,16,19,23,34H,10,12,14-15H2,1H3,(H,29,35)(H,28,30,31). The molecule has 0 aliphatic carbocycles. The lowest BCUT2D eigenvalue weighted by Gasteiger charge is -2.28. The summed E-state index contributed by atoms with van der Waals surface area (Å²) in [5.41, 5.74) is 2.91. The van der Waals surface area contributed by atoms with Crippen molar-refractivity contribution in [3.8, 4) is 0 Å². The number of aromatic nitrogens is 3. The topological polar surface area (TPSA) is 97.4 Å². The summed E-state index contributed by atoms with van der Waals surface area (Å²) in [6.45, 7) is 1.81. The maximum Gasteiger partial charge on any atom is 0.251 e. The van der Waals surface area contributed by atoms with E-state index in [1.807, 2.05) is 55.7 Å². The van der Waals surface area contributed by atoms with Crippen LogP contribution in [0.4, 0.5) is 11.5 Å². The Morgan fingerprint density at radius 1 is 1.26 bits per heavy atom. The molecule has 1 fully saturated rings. The van der Waals surface area contributed by atoms with Crippen LogP contribution in [-0.2, 0) is 0 Å². The van der Waals surface area contributed by atoms with Crippen molar-refractivity contribution in [3.05, 3.63) is 83.3 Å². The number of carbonyl (C=O) groups is 1. The molecular weight excluding hydrogens is 464 g/mol. The quantitative estimate of drug-likeness (QED) is 0.364. The highest BCUT2D eigenvalue weighted by Crippen LogP contribution is 2.32. The summed E-state index contributed by atoms with van der Waals surface area (Å²) in [5, 5.41) is 14.6. The van der Waals surface area contributed by atoms with Gasteiger partial charge in [0, 0.05) is 44.5 Å². The maximum absolute atomic E-state index is 12.6. The van der Waals surface area contributed by atoms with Crippen molar-refractivity contribution in [2.75, 3.05) is 36.5 Å². The van der Waals surface area contributed by atoms with Crippen LogP contribution in [-0.4, -0.2) is 58.7 Å². The van der Waals surface area contributed by atoms with E-state index in [4.69, 9.17) is 11.6 Å². The van der Waals surface area contributed by atoms with E-state index in [0.29, 0.717) is 10.6 Å². The predicted molar refractivity (Wildman–Crippen MR) is 138 cm³/mol. The Labute approximate surface area is 208 Å². The lowest BCUT2D eigenvalue weighted by Crippen LogP contribution is -2.35. The normalized spacial score (nSPS) is 16.4. The van der Waals surface area contributed by atoms with Gasteiger partial charge in [0.2, 0.25) is 0 Å². The highest BCUT2D eigenvalue weighted by Gasteiger charge is 2.29. The third-order valence-corrected chi connectivity index (χ3v) is 6.88. The zero-order valence-electron chi connectivity index (χ0n) is 19.4. The largest absolute Gasteiger partial charge is 0.387 e. The number of hydrogen-bond acceptors (Lipinski definition) is 6. The number of hydrogen-bond donors (Lipinski definition) is 3. The van der Waals surface area contributed by atoms with Gasteiger partial charge >= 0.3 is 0 Å². The molecule has 1 saturated heterocycles. The molecule has 0 bridgehead atoms. The molecule has 2 unspecified atom stereocenters. The molecule has 9 heteroatoms. The number of nitrogens with one attached hydrogen (secondary N) is 2. The number of amides is 1. The molecule has 1 aliphatic rings. The Bertz CT molecular complexity index is 1330. The van der Waals surface area contributed by atoms with Crippen molar-refractivity contribution in [2.45, 2.75) is 18.6 Å². The fourth-order valence-corrected chi connectivity index (χ4v) is 4.89. The summed E-state index contributed by atoms with van der Waals surface area (Å²) in [7, 11) is 2.03. The van der Waals surface area contributed by atoms with E-state index in [1.54, 1.807) is 18.5 Å². The molecule has 1 amide bonds. The van der Waals surface area contributed by atoms with E-state index in [0.717, 1.165) is 47.6 Å². The summed E-state index contributed by atoms with van der Waals surface area (Å²) < 4.78 is 0. The number of H-pyrrole nitrogens is 1. The Morgan fingerprint density at radius 2 is 2.09 bits per heavy atom. The first-order chi connectivity index (χ1) is 17.0. The van der Waals surface area contributed by atoms with Crippen molar-refractivity contribution in [1.82, 2.24) is 20.3 Å². The van der Waals surface area contributed by atoms with E-state index >= 15 is 0 Å². The number of rotatable bonds is 7. The average molecular weight is 491 g/mol. The van der Waals surface area contributed by atoms with Crippen LogP contribution >= 0.6 is 11.6 Å². The molecule has 4 aromatic rings. The monoisotopic (exact) mass is 490 g/mol. The Balaban J connectivity index is 1.23. The third-order valence-electron chi connectivity index (χ3n) is 6.57. The molecule has 2 atom stereocenters. The molecule has 1 aliphatic heterocycles. The van der Waals surface area contributed by atoms with Crippen molar-refractivity contribution in [3.63, 3.8) is 0 Å². The molecule has 8 nitrogen and oxygen atoms in total. The molecular formula is C26H27ClN6O2. The lowest BCUT2D eigenvalue weighted by atomic mass is 10.1. The van der Waals surface area contributed by atoms with Crippen LogP contribution in [0.3, 0.4) is 0 Å². The second-order valence-corrected chi connectivity index (χ2v) is 9.15. The Hall–Kier alpha value is -3.62. The van der Waals surface area contributed by atoms with E-state index in [2.05, 4.69) is 30.1 Å². The van der Waals surface area contributed by atoms with Gasteiger partial charge in [-0.05, 0) is 36.2 Å². The lowest BCUT2D eigenvalue weighted by molar-refractivity contribution is 0.0916. The number of benzene rings is 2. The van der Waals surface area contributed by atoms with Crippen LogP contribution in [0.2, 0.25) is 5.02 Å². The number of aliphatic hydroxyl groups excluding tert-OH is 1. The van der Waals surface area contributed by atoms with Gasteiger partial charge in [-0.2, -0.15) is 0 Å². The number of halogens is 1. The van der Waals surface area contributed by atoms with Crippen LogP contribution in [0.5, 0.6) is 0 Å². The smallest absolute Gasteiger partial charge is 0.251 e. The van der Waals surface area contributed by atoms with Gasteiger partial charge < -0.3 is 25.2 Å². The second kappa shape index (κ2) is 9.93. The summed E-state index contributed by atoms with van der Waals surface area (Å²) in [5.74, 6) is 0.658. The summed E-state index contributed by atoms with van der Waals surface area (Å²) in [6, 6.07) is 16.8. The van der Waals surface area contributed by atoms with E-state index in [9.17, 15) is 9.90 Å². The van der Waals surface area contributed by atoms with Crippen molar-refractivity contribution in [2.24, 2.45) is 0 Å². The van der Waals surface area contributed by atoms with Gasteiger partial charge in [0.1, 0.15) is 17.8 Å². The summed E-state index contributed by atoms with van der Waals surface area (Å²) >= 11 is 6.61. The minimum atomic E-state index is -0.770. The fraction of sp³-hybridized carbons (Fsp3) is 0.269. The first-order valence-corrected chi connectivity index (χ1v) is 12.0. The number of aliphatic hydroxyl groups is 1. The first kappa shape index (κ1) is 23.1. The molecule has 3 N–H and O–H groups in total. The molecule has 5 rings (SSSR count). The SMILES string of the molecule is CN(c1ccc(C(=O)NCC(O)c2ccccc2)cc1Cl)C1CCN(c2ncnc3[nH]ccc23)C1. The summed E-state index contributed by atoms with van der Waals surface area (Å²) in [4.78, 5) is 29.0. The number of nitrogens with zero attached hydrogens (tertiary/aromatic N) is 4. The second-order valence-electron chi connectivity index (χ2n) is 8.74. The van der Waals surface area contributed by atoms with Crippen LogP contribution in [0.1, 0.15) is 28.4 Å². The molecule has 0 radical (unpaired) electrons. The van der Waals surface area contributed by atoms with Gasteiger partial charge in [0.15, 0.2) is 0 Å². The van der Waals surface area contributed by atoms with E-state index in [-0.39, 0.29) is 18.5 Å². The number of fused-ring (bicyclic) bond motifs is 1. The number of anilines is 2.